The van der Waals surface area contributed by atoms with Crippen molar-refractivity contribution in [3.63, 3.8) is 0 Å². The Morgan fingerprint density at radius 2 is 1.09 bits per heavy atom. The number of ether oxygens (including phenoxy) is 1. The molecule has 4 heteroatoms. The Bertz CT molecular complexity index is 2440. The molecule has 214 valence electrons. The van der Waals surface area contributed by atoms with Crippen LogP contribution < -0.4 is 20.3 Å². The van der Waals surface area contributed by atoms with E-state index in [1.54, 1.807) is 0 Å². The first-order valence-electron chi connectivity index (χ1n) is 15.7. The van der Waals surface area contributed by atoms with E-state index < -0.39 is 0 Å². The molecule has 3 nitrogen and oxygen atoms in total. The van der Waals surface area contributed by atoms with Gasteiger partial charge in [-0.1, -0.05) is 115 Å². The van der Waals surface area contributed by atoms with Crippen molar-refractivity contribution in [2.75, 3.05) is 0 Å². The van der Waals surface area contributed by atoms with Crippen LogP contribution >= 0.6 is 0 Å². The molecule has 3 heterocycles. The Morgan fingerprint density at radius 3 is 1.89 bits per heavy atom. The first-order valence-corrected chi connectivity index (χ1v) is 15.7. The third kappa shape index (κ3) is 3.67. The van der Waals surface area contributed by atoms with Crippen molar-refractivity contribution in [2.45, 2.75) is 0 Å². The summed E-state index contributed by atoms with van der Waals surface area (Å²) in [5, 5.41) is 2.50. The van der Waals surface area contributed by atoms with Crippen LogP contribution in [0, 0.1) is 0 Å². The van der Waals surface area contributed by atoms with Crippen LogP contribution in [0.1, 0.15) is 0 Å². The molecule has 1 aromatic heterocycles. The van der Waals surface area contributed by atoms with Gasteiger partial charge in [0.1, 0.15) is 17.2 Å². The van der Waals surface area contributed by atoms with E-state index in [1.165, 1.54) is 21.8 Å². The SMILES string of the molecule is c1ccc(-c2cc3c4c(c2)-c2ccccc2OB4c2ccc(-c4ccccc4-n4c5ccccc5c5ccccc54)cc2O3)cc1. The quantitative estimate of drug-likeness (QED) is 0.192. The van der Waals surface area contributed by atoms with Crippen LogP contribution in [0.15, 0.2) is 158 Å². The number of hydrogen-bond donors (Lipinski definition) is 0. The van der Waals surface area contributed by atoms with Gasteiger partial charge in [0.2, 0.25) is 0 Å². The molecule has 0 atom stereocenters. The average molecular weight is 587 g/mol. The number of para-hydroxylation sites is 4. The molecule has 0 radical (unpaired) electrons. The van der Waals surface area contributed by atoms with Crippen LogP contribution in [0.2, 0.25) is 0 Å². The maximum atomic E-state index is 6.85. The Labute approximate surface area is 267 Å². The van der Waals surface area contributed by atoms with Crippen LogP contribution in [0.3, 0.4) is 0 Å². The molecular weight excluding hydrogens is 561 g/mol. The van der Waals surface area contributed by atoms with Crippen LogP contribution in [0.4, 0.5) is 0 Å². The molecule has 0 saturated carbocycles. The van der Waals surface area contributed by atoms with E-state index in [1.807, 2.05) is 6.07 Å². The average Bonchev–Trinajstić information content (AvgIpc) is 3.46. The number of benzene rings is 7. The second-order valence-electron chi connectivity index (χ2n) is 12.0. The summed E-state index contributed by atoms with van der Waals surface area (Å²) < 4.78 is 16.0. The molecule has 0 unspecified atom stereocenters. The molecule has 2 aliphatic rings. The van der Waals surface area contributed by atoms with E-state index in [9.17, 15) is 0 Å². The number of fused-ring (bicyclic) bond motifs is 7. The number of hydrogen-bond acceptors (Lipinski definition) is 2. The fraction of sp³-hybridized carbons (Fsp3) is 0. The number of aromatic nitrogens is 1. The first-order chi connectivity index (χ1) is 22.8. The second kappa shape index (κ2) is 9.75. The highest BCUT2D eigenvalue weighted by molar-refractivity contribution is 6.84. The van der Waals surface area contributed by atoms with Gasteiger partial charge in [-0.3, -0.25) is 0 Å². The molecule has 0 saturated heterocycles. The highest BCUT2D eigenvalue weighted by Gasteiger charge is 2.41. The molecule has 0 amide bonds. The summed E-state index contributed by atoms with van der Waals surface area (Å²) in [6.07, 6.45) is 0. The van der Waals surface area contributed by atoms with Crippen molar-refractivity contribution < 1.29 is 9.39 Å². The normalized spacial score (nSPS) is 12.7. The lowest BCUT2D eigenvalue weighted by Gasteiger charge is -2.33. The minimum atomic E-state index is -0.255. The first kappa shape index (κ1) is 25.3. The number of nitrogens with zero attached hydrogens (tertiary/aromatic N) is 1. The summed E-state index contributed by atoms with van der Waals surface area (Å²) in [5.74, 6) is 2.56. The zero-order chi connectivity index (χ0) is 30.2. The van der Waals surface area contributed by atoms with E-state index in [0.29, 0.717) is 0 Å². The molecule has 2 aliphatic heterocycles. The van der Waals surface area contributed by atoms with Crippen molar-refractivity contribution in [2.24, 2.45) is 0 Å². The van der Waals surface area contributed by atoms with E-state index in [2.05, 4.69) is 156 Å². The Morgan fingerprint density at radius 1 is 0.435 bits per heavy atom. The molecular formula is C42H26BNO2. The summed E-state index contributed by atoms with van der Waals surface area (Å²) in [6, 6.07) is 55.8. The topological polar surface area (TPSA) is 23.4 Å². The van der Waals surface area contributed by atoms with Crippen molar-refractivity contribution in [3.05, 3.63) is 158 Å². The van der Waals surface area contributed by atoms with Crippen molar-refractivity contribution in [1.82, 2.24) is 4.57 Å². The molecule has 8 aromatic rings. The lowest BCUT2D eigenvalue weighted by molar-refractivity contribution is 0.480. The van der Waals surface area contributed by atoms with Gasteiger partial charge in [-0.25, -0.2) is 0 Å². The Balaban J connectivity index is 1.16. The minimum absolute atomic E-state index is 0.255. The van der Waals surface area contributed by atoms with Crippen LogP contribution in [-0.4, -0.2) is 11.5 Å². The predicted molar refractivity (Wildman–Crippen MR) is 189 cm³/mol. The van der Waals surface area contributed by atoms with Gasteiger partial charge in [0, 0.05) is 32.8 Å². The highest BCUT2D eigenvalue weighted by atomic mass is 16.5. The van der Waals surface area contributed by atoms with Crippen LogP contribution in [0.5, 0.6) is 17.2 Å². The van der Waals surface area contributed by atoms with E-state index in [0.717, 1.165) is 67.2 Å². The summed E-state index contributed by atoms with van der Waals surface area (Å²) in [7, 11) is 0. The zero-order valence-electron chi connectivity index (χ0n) is 24.9. The van der Waals surface area contributed by atoms with Gasteiger partial charge in [-0.05, 0) is 64.7 Å². The lowest BCUT2D eigenvalue weighted by Crippen LogP contribution is -2.53. The van der Waals surface area contributed by atoms with E-state index in [4.69, 9.17) is 9.39 Å². The van der Waals surface area contributed by atoms with Gasteiger partial charge in [-0.2, -0.15) is 0 Å². The monoisotopic (exact) mass is 587 g/mol. The standard InChI is InChI=1S/C42H26BNO2/c1-2-12-27(13-3-1)29-24-34-33-17-7-11-21-39(33)46-43-35-23-22-28(25-40(35)45-41(26-29)42(34)43)30-14-4-8-18-36(30)44-37-19-9-5-15-31(37)32-16-6-10-20-38(32)44/h1-26H. The number of rotatable bonds is 3. The van der Waals surface area contributed by atoms with Gasteiger partial charge in [-0.15, -0.1) is 0 Å². The second-order valence-corrected chi connectivity index (χ2v) is 12.0. The summed E-state index contributed by atoms with van der Waals surface area (Å²) >= 11 is 0. The van der Waals surface area contributed by atoms with Gasteiger partial charge in [0.25, 0.3) is 0 Å². The zero-order valence-corrected chi connectivity index (χ0v) is 24.9. The molecule has 0 fully saturated rings. The van der Waals surface area contributed by atoms with Gasteiger partial charge in [0.15, 0.2) is 0 Å². The smallest absolute Gasteiger partial charge is 0.434 e. The molecule has 46 heavy (non-hydrogen) atoms. The molecule has 7 aromatic carbocycles. The maximum Gasteiger partial charge on any atom is 0.434 e. The molecule has 10 rings (SSSR count). The largest absolute Gasteiger partial charge is 0.551 e. The van der Waals surface area contributed by atoms with Crippen LogP contribution in [-0.2, 0) is 0 Å². The Hall–Kier alpha value is -6.00. The van der Waals surface area contributed by atoms with Gasteiger partial charge < -0.3 is 14.0 Å². The van der Waals surface area contributed by atoms with Gasteiger partial charge >= 0.3 is 6.92 Å². The fourth-order valence-electron chi connectivity index (χ4n) is 7.42. The van der Waals surface area contributed by atoms with Crippen LogP contribution in [0.25, 0.3) is 60.9 Å². The lowest BCUT2D eigenvalue weighted by atomic mass is 9.50. The molecule has 0 bridgehead atoms. The van der Waals surface area contributed by atoms with Gasteiger partial charge in [0.05, 0.1) is 16.7 Å². The third-order valence-electron chi connectivity index (χ3n) is 9.49. The van der Waals surface area contributed by atoms with Crippen molar-refractivity contribution >= 4 is 39.6 Å². The molecule has 0 spiro atoms. The fourth-order valence-corrected chi connectivity index (χ4v) is 7.42. The van der Waals surface area contributed by atoms with Crippen molar-refractivity contribution in [1.29, 1.82) is 0 Å². The maximum absolute atomic E-state index is 6.85. The Kier molecular flexibility index (Phi) is 5.37. The highest BCUT2D eigenvalue weighted by Crippen LogP contribution is 2.43. The van der Waals surface area contributed by atoms with Crippen molar-refractivity contribution in [3.8, 4) is 56.3 Å². The van der Waals surface area contributed by atoms with E-state index in [-0.39, 0.29) is 6.92 Å². The van der Waals surface area contributed by atoms with E-state index >= 15 is 0 Å². The molecule has 0 N–H and O–H groups in total. The summed E-state index contributed by atoms with van der Waals surface area (Å²) in [5.41, 5.74) is 12.4. The predicted octanol–water partition coefficient (Wildman–Crippen LogP) is 9.39. The summed E-state index contributed by atoms with van der Waals surface area (Å²) in [4.78, 5) is 0. The third-order valence-corrected chi connectivity index (χ3v) is 9.49. The molecule has 0 aliphatic carbocycles. The minimum Gasteiger partial charge on any atom is -0.551 e. The summed E-state index contributed by atoms with van der Waals surface area (Å²) in [6.45, 7) is -0.255.